The van der Waals surface area contributed by atoms with Crippen molar-refractivity contribution in [1.29, 1.82) is 0 Å². The van der Waals surface area contributed by atoms with E-state index in [0.29, 0.717) is 22.0 Å². The van der Waals surface area contributed by atoms with Crippen molar-refractivity contribution >= 4 is 28.9 Å². The summed E-state index contributed by atoms with van der Waals surface area (Å²) in [5.74, 6) is -0.289. The van der Waals surface area contributed by atoms with Gasteiger partial charge in [-0.05, 0) is 18.2 Å². The number of nitrogens with one attached hydrogen (secondary N) is 1. The first-order chi connectivity index (χ1) is 8.16. The molecule has 0 bridgehead atoms. The molecule has 3 N–H and O–H groups in total. The summed E-state index contributed by atoms with van der Waals surface area (Å²) in [6.45, 7) is 0. The first-order valence-corrected chi connectivity index (χ1v) is 5.16. The Bertz CT molecular complexity index is 544. The molecule has 0 saturated heterocycles. The average molecular weight is 249 g/mol. The molecule has 86 valence electrons. The van der Waals surface area contributed by atoms with Crippen LogP contribution in [0.4, 0.5) is 11.4 Å². The van der Waals surface area contributed by atoms with E-state index < -0.39 is 0 Å². The number of nitrogens with zero attached hydrogens (tertiary/aromatic N) is 2. The van der Waals surface area contributed by atoms with Crippen LogP contribution in [-0.2, 0) is 0 Å². The number of benzene rings is 1. The Balaban J connectivity index is 2.18. The molecule has 1 heterocycles. The highest BCUT2D eigenvalue weighted by molar-refractivity contribution is 6.33. The number of hydrogen-bond acceptors (Lipinski definition) is 4. The van der Waals surface area contributed by atoms with Crippen molar-refractivity contribution in [2.75, 3.05) is 11.1 Å². The second-order valence-electron chi connectivity index (χ2n) is 3.32. The number of rotatable bonds is 2. The third-order valence-corrected chi connectivity index (χ3v) is 2.42. The van der Waals surface area contributed by atoms with Gasteiger partial charge in [-0.15, -0.1) is 0 Å². The number of halogens is 1. The van der Waals surface area contributed by atoms with Crippen molar-refractivity contribution < 1.29 is 4.79 Å². The highest BCUT2D eigenvalue weighted by Gasteiger charge is 2.07. The Hall–Kier alpha value is -2.14. The lowest BCUT2D eigenvalue weighted by molar-refractivity contribution is 0.102. The largest absolute Gasteiger partial charge is 0.398 e. The fourth-order valence-corrected chi connectivity index (χ4v) is 1.37. The molecule has 5 nitrogen and oxygen atoms in total. The molecule has 1 aromatic heterocycles. The molecule has 0 radical (unpaired) electrons. The highest BCUT2D eigenvalue weighted by Crippen LogP contribution is 2.20. The normalized spacial score (nSPS) is 9.94. The maximum atomic E-state index is 11.8. The molecule has 2 rings (SSSR count). The summed E-state index contributed by atoms with van der Waals surface area (Å²) < 4.78 is 0. The van der Waals surface area contributed by atoms with Crippen LogP contribution in [0.15, 0.2) is 36.9 Å². The molecule has 2 aromatic rings. The molecule has 0 unspecified atom stereocenters. The maximum Gasteiger partial charge on any atom is 0.255 e. The van der Waals surface area contributed by atoms with Gasteiger partial charge < -0.3 is 11.1 Å². The molecule has 0 aliphatic carbocycles. The molecule has 1 amide bonds. The zero-order chi connectivity index (χ0) is 12.3. The number of carbonyl (C=O) groups is 1. The number of nitrogens with two attached hydrogens (primary N) is 1. The van der Waals surface area contributed by atoms with E-state index in [9.17, 15) is 4.79 Å². The van der Waals surface area contributed by atoms with E-state index in [2.05, 4.69) is 15.3 Å². The fraction of sp³-hybridized carbons (Fsp3) is 0. The average Bonchev–Trinajstić information content (AvgIpc) is 2.34. The number of aromatic nitrogens is 2. The predicted octanol–water partition coefficient (Wildman–Crippen LogP) is 1.96. The minimum absolute atomic E-state index is 0.289. The minimum Gasteiger partial charge on any atom is -0.398 e. The fourth-order valence-electron chi connectivity index (χ4n) is 1.25. The van der Waals surface area contributed by atoms with Crippen LogP contribution in [0.5, 0.6) is 0 Å². The van der Waals surface area contributed by atoms with Crippen molar-refractivity contribution in [3.63, 3.8) is 0 Å². The molecule has 0 fully saturated rings. The standard InChI is InChI=1S/C11H9ClN4O/c12-9-2-1-7(3-10(9)13)11(17)16-8-4-14-6-15-5-8/h1-6H,13H2,(H,16,17). The van der Waals surface area contributed by atoms with E-state index in [1.54, 1.807) is 12.1 Å². The van der Waals surface area contributed by atoms with Gasteiger partial charge in [0.25, 0.3) is 5.91 Å². The Morgan fingerprint density at radius 2 is 2.00 bits per heavy atom. The number of carbonyl (C=O) groups excluding carboxylic acids is 1. The van der Waals surface area contributed by atoms with Crippen LogP contribution in [0.2, 0.25) is 5.02 Å². The molecular formula is C11H9ClN4O. The lowest BCUT2D eigenvalue weighted by Gasteiger charge is -2.05. The van der Waals surface area contributed by atoms with E-state index in [4.69, 9.17) is 17.3 Å². The summed E-state index contributed by atoms with van der Waals surface area (Å²) in [5, 5.41) is 3.06. The molecule has 0 aliphatic rings. The minimum atomic E-state index is -0.289. The van der Waals surface area contributed by atoms with Crippen molar-refractivity contribution in [3.05, 3.63) is 47.5 Å². The lowest BCUT2D eigenvalue weighted by Crippen LogP contribution is -2.12. The van der Waals surface area contributed by atoms with Gasteiger partial charge in [-0.1, -0.05) is 11.6 Å². The Kier molecular flexibility index (Phi) is 3.20. The van der Waals surface area contributed by atoms with Gasteiger partial charge in [0.05, 0.1) is 28.8 Å². The number of anilines is 2. The topological polar surface area (TPSA) is 80.9 Å². The van der Waals surface area contributed by atoms with Gasteiger partial charge in [-0.3, -0.25) is 4.79 Å². The van der Waals surface area contributed by atoms with Crippen LogP contribution in [0.25, 0.3) is 0 Å². The van der Waals surface area contributed by atoms with Gasteiger partial charge in [0.1, 0.15) is 6.33 Å². The van der Waals surface area contributed by atoms with Gasteiger partial charge in [-0.2, -0.15) is 0 Å². The van der Waals surface area contributed by atoms with E-state index in [1.165, 1.54) is 24.8 Å². The van der Waals surface area contributed by atoms with Gasteiger partial charge in [0.15, 0.2) is 0 Å². The van der Waals surface area contributed by atoms with Gasteiger partial charge in [0.2, 0.25) is 0 Å². The number of amides is 1. The van der Waals surface area contributed by atoms with Crippen LogP contribution >= 0.6 is 11.6 Å². The SMILES string of the molecule is Nc1cc(C(=O)Nc2cncnc2)ccc1Cl. The molecule has 1 aromatic carbocycles. The summed E-state index contributed by atoms with van der Waals surface area (Å²) >= 11 is 5.77. The van der Waals surface area contributed by atoms with Crippen molar-refractivity contribution in [2.45, 2.75) is 0 Å². The summed E-state index contributed by atoms with van der Waals surface area (Å²) in [4.78, 5) is 19.4. The van der Waals surface area contributed by atoms with E-state index >= 15 is 0 Å². The second-order valence-corrected chi connectivity index (χ2v) is 3.72. The number of nitrogen functional groups attached to an aromatic ring is 1. The van der Waals surface area contributed by atoms with Gasteiger partial charge >= 0.3 is 0 Å². The van der Waals surface area contributed by atoms with Crippen molar-refractivity contribution in [1.82, 2.24) is 9.97 Å². The van der Waals surface area contributed by atoms with Crippen molar-refractivity contribution in [3.8, 4) is 0 Å². The molecule has 17 heavy (non-hydrogen) atoms. The first-order valence-electron chi connectivity index (χ1n) is 4.78. The van der Waals surface area contributed by atoms with Gasteiger partial charge in [-0.25, -0.2) is 9.97 Å². The Morgan fingerprint density at radius 3 is 2.65 bits per heavy atom. The summed E-state index contributed by atoms with van der Waals surface area (Å²) in [7, 11) is 0. The van der Waals surface area contributed by atoms with Crippen LogP contribution < -0.4 is 11.1 Å². The second kappa shape index (κ2) is 4.80. The third-order valence-electron chi connectivity index (χ3n) is 2.08. The Morgan fingerprint density at radius 1 is 1.29 bits per heavy atom. The van der Waals surface area contributed by atoms with E-state index in [-0.39, 0.29) is 5.91 Å². The zero-order valence-electron chi connectivity index (χ0n) is 8.72. The predicted molar refractivity (Wildman–Crippen MR) is 65.8 cm³/mol. The molecule has 0 aliphatic heterocycles. The summed E-state index contributed by atoms with van der Waals surface area (Å²) in [5.41, 5.74) is 6.93. The summed E-state index contributed by atoms with van der Waals surface area (Å²) in [6.07, 6.45) is 4.39. The molecular weight excluding hydrogens is 240 g/mol. The monoisotopic (exact) mass is 248 g/mol. The summed E-state index contributed by atoms with van der Waals surface area (Å²) in [6, 6.07) is 4.69. The quantitative estimate of drug-likeness (QED) is 0.796. The molecule has 6 heteroatoms. The maximum absolute atomic E-state index is 11.8. The number of hydrogen-bond donors (Lipinski definition) is 2. The van der Waals surface area contributed by atoms with Crippen molar-refractivity contribution in [2.24, 2.45) is 0 Å². The molecule has 0 saturated carbocycles. The van der Waals surface area contributed by atoms with E-state index in [0.717, 1.165) is 0 Å². The van der Waals surface area contributed by atoms with Crippen LogP contribution in [0.3, 0.4) is 0 Å². The Labute approximate surface area is 103 Å². The highest BCUT2D eigenvalue weighted by atomic mass is 35.5. The zero-order valence-corrected chi connectivity index (χ0v) is 9.48. The third kappa shape index (κ3) is 2.70. The van der Waals surface area contributed by atoms with E-state index in [1.807, 2.05) is 0 Å². The van der Waals surface area contributed by atoms with Crippen LogP contribution in [0.1, 0.15) is 10.4 Å². The van der Waals surface area contributed by atoms with Crippen LogP contribution in [0, 0.1) is 0 Å². The molecule has 0 spiro atoms. The first kappa shape index (κ1) is 11.3. The lowest BCUT2D eigenvalue weighted by atomic mass is 10.2. The smallest absolute Gasteiger partial charge is 0.255 e. The van der Waals surface area contributed by atoms with Crippen LogP contribution in [-0.4, -0.2) is 15.9 Å². The molecule has 0 atom stereocenters. The van der Waals surface area contributed by atoms with Gasteiger partial charge in [0, 0.05) is 5.56 Å².